The third-order valence-electron chi connectivity index (χ3n) is 2.46. The smallest absolute Gasteiger partial charge is 0.311 e. The van der Waals surface area contributed by atoms with Gasteiger partial charge in [-0.2, -0.15) is 0 Å². The van der Waals surface area contributed by atoms with E-state index in [0.29, 0.717) is 0 Å². The molecule has 0 atom stereocenters. The molecule has 0 unspecified atom stereocenters. The molecular weight excluding hydrogens is 260 g/mol. The van der Waals surface area contributed by atoms with Crippen molar-refractivity contribution < 1.29 is 8.23 Å². The van der Waals surface area contributed by atoms with Gasteiger partial charge in [0.25, 0.3) is 0 Å². The Hall–Kier alpha value is 0.571. The SMILES string of the molecule is CCCCC[Si](C)(C)O[Si](C)(C)O[Si](C)(C)C. The molecule has 0 heterocycles. The summed E-state index contributed by atoms with van der Waals surface area (Å²) in [6.07, 6.45) is 3.93. The second-order valence-corrected chi connectivity index (χ2v) is 19.6. The van der Waals surface area contributed by atoms with Crippen LogP contribution in [0.4, 0.5) is 0 Å². The Labute approximate surface area is 112 Å². The zero-order valence-corrected chi connectivity index (χ0v) is 16.1. The fourth-order valence-corrected chi connectivity index (χ4v) is 15.5. The van der Waals surface area contributed by atoms with Crippen molar-refractivity contribution in [3.8, 4) is 0 Å². The standard InChI is InChI=1S/C12H32O2Si3/c1-9-10-11-12-16(5,6)14-17(7,8)13-15(2,3)4/h9-12H2,1-8H3. The highest BCUT2D eigenvalue weighted by atomic mass is 28.5. The van der Waals surface area contributed by atoms with Gasteiger partial charge in [-0.05, 0) is 51.9 Å². The van der Waals surface area contributed by atoms with E-state index in [9.17, 15) is 0 Å². The lowest BCUT2D eigenvalue weighted by atomic mass is 10.3. The van der Waals surface area contributed by atoms with E-state index in [1.165, 1.54) is 25.3 Å². The van der Waals surface area contributed by atoms with Gasteiger partial charge in [-0.15, -0.1) is 0 Å². The molecule has 0 fully saturated rings. The summed E-state index contributed by atoms with van der Waals surface area (Å²) in [5.74, 6) is 0. The van der Waals surface area contributed by atoms with Crippen LogP contribution >= 0.6 is 0 Å². The molecule has 0 radical (unpaired) electrons. The molecule has 0 aromatic heterocycles. The molecule has 0 saturated heterocycles. The summed E-state index contributed by atoms with van der Waals surface area (Å²) in [6, 6.07) is 1.27. The molecule has 5 heteroatoms. The molecule has 0 spiro atoms. The van der Waals surface area contributed by atoms with Gasteiger partial charge in [-0.3, -0.25) is 0 Å². The molecule has 0 rings (SSSR count). The Morgan fingerprint density at radius 2 is 1.29 bits per heavy atom. The summed E-state index contributed by atoms with van der Waals surface area (Å²) >= 11 is 0. The van der Waals surface area contributed by atoms with Crippen LogP contribution in [0.25, 0.3) is 0 Å². The molecule has 0 saturated carbocycles. The first kappa shape index (κ1) is 17.6. The van der Waals surface area contributed by atoms with Crippen molar-refractivity contribution in [3.05, 3.63) is 0 Å². The first-order valence-electron chi connectivity index (χ1n) is 6.88. The number of hydrogen-bond acceptors (Lipinski definition) is 2. The van der Waals surface area contributed by atoms with Crippen molar-refractivity contribution in [3.63, 3.8) is 0 Å². The molecule has 104 valence electrons. The summed E-state index contributed by atoms with van der Waals surface area (Å²) in [7, 11) is -4.90. The van der Waals surface area contributed by atoms with Crippen molar-refractivity contribution in [2.75, 3.05) is 0 Å². The molecule has 0 aliphatic rings. The zero-order valence-electron chi connectivity index (χ0n) is 13.1. The van der Waals surface area contributed by atoms with Crippen LogP contribution in [0.2, 0.25) is 51.9 Å². The highest BCUT2D eigenvalue weighted by molar-refractivity contribution is 6.87. The molecule has 0 aromatic carbocycles. The number of hydrogen-bond donors (Lipinski definition) is 0. The first-order chi connectivity index (χ1) is 7.47. The molecule has 17 heavy (non-hydrogen) atoms. The van der Waals surface area contributed by atoms with Crippen LogP contribution in [-0.4, -0.2) is 25.2 Å². The lowest BCUT2D eigenvalue weighted by Gasteiger charge is -2.37. The van der Waals surface area contributed by atoms with Gasteiger partial charge in [0.05, 0.1) is 0 Å². The molecule has 0 aromatic rings. The largest absolute Gasteiger partial charge is 0.437 e. The Morgan fingerprint density at radius 1 is 0.765 bits per heavy atom. The fraction of sp³-hybridized carbons (Fsp3) is 1.00. The van der Waals surface area contributed by atoms with Crippen LogP contribution in [0.1, 0.15) is 26.2 Å². The molecular formula is C12H32O2Si3. The minimum atomic E-state index is -1.91. The Kier molecular flexibility index (Phi) is 6.88. The van der Waals surface area contributed by atoms with Crippen LogP contribution in [0, 0.1) is 0 Å². The minimum absolute atomic E-state index is 1.27. The third kappa shape index (κ3) is 10.2. The van der Waals surface area contributed by atoms with Crippen LogP contribution in [-0.2, 0) is 8.23 Å². The first-order valence-corrected chi connectivity index (χ1v) is 16.2. The van der Waals surface area contributed by atoms with E-state index in [4.69, 9.17) is 8.23 Å². The second kappa shape index (κ2) is 6.65. The maximum Gasteiger partial charge on any atom is 0.311 e. The maximum atomic E-state index is 6.44. The van der Waals surface area contributed by atoms with Crippen LogP contribution in [0.3, 0.4) is 0 Å². The van der Waals surface area contributed by atoms with Crippen molar-refractivity contribution in [1.82, 2.24) is 0 Å². The van der Waals surface area contributed by atoms with Gasteiger partial charge in [-0.25, -0.2) is 0 Å². The van der Waals surface area contributed by atoms with E-state index in [-0.39, 0.29) is 0 Å². The van der Waals surface area contributed by atoms with Gasteiger partial charge in [0.1, 0.15) is 0 Å². The number of unbranched alkanes of at least 4 members (excludes halogenated alkanes) is 2. The van der Waals surface area contributed by atoms with Gasteiger partial charge in [0.2, 0.25) is 0 Å². The zero-order chi connectivity index (χ0) is 13.7. The Bertz CT molecular complexity index is 222. The second-order valence-electron chi connectivity index (χ2n) is 6.93. The van der Waals surface area contributed by atoms with Gasteiger partial charge in [0, 0.05) is 0 Å². The quantitative estimate of drug-likeness (QED) is 0.465. The van der Waals surface area contributed by atoms with Gasteiger partial charge in [-0.1, -0.05) is 26.2 Å². The average Bonchev–Trinajstić information content (AvgIpc) is 1.96. The van der Waals surface area contributed by atoms with Crippen molar-refractivity contribution >= 4 is 25.2 Å². The van der Waals surface area contributed by atoms with Crippen molar-refractivity contribution in [1.29, 1.82) is 0 Å². The number of rotatable bonds is 8. The van der Waals surface area contributed by atoms with Gasteiger partial charge < -0.3 is 8.23 Å². The highest BCUT2D eigenvalue weighted by Crippen LogP contribution is 2.24. The summed E-state index contributed by atoms with van der Waals surface area (Å²) < 4.78 is 12.7. The fourth-order valence-electron chi connectivity index (χ4n) is 2.28. The summed E-state index contributed by atoms with van der Waals surface area (Å²) in [5.41, 5.74) is 0. The molecule has 0 amide bonds. The van der Waals surface area contributed by atoms with Crippen LogP contribution in [0.15, 0.2) is 0 Å². The molecule has 0 bridgehead atoms. The maximum absolute atomic E-state index is 6.44. The van der Waals surface area contributed by atoms with E-state index >= 15 is 0 Å². The lowest BCUT2D eigenvalue weighted by Crippen LogP contribution is -2.51. The lowest BCUT2D eigenvalue weighted by molar-refractivity contribution is 0.390. The van der Waals surface area contributed by atoms with Gasteiger partial charge in [0.15, 0.2) is 16.6 Å². The molecule has 0 aliphatic carbocycles. The summed E-state index contributed by atoms with van der Waals surface area (Å²) in [4.78, 5) is 0. The Morgan fingerprint density at radius 3 is 1.71 bits per heavy atom. The monoisotopic (exact) mass is 292 g/mol. The van der Waals surface area contributed by atoms with Crippen molar-refractivity contribution in [2.24, 2.45) is 0 Å². The highest BCUT2D eigenvalue weighted by Gasteiger charge is 2.37. The van der Waals surface area contributed by atoms with Gasteiger partial charge >= 0.3 is 8.56 Å². The predicted molar refractivity (Wildman–Crippen MR) is 84.8 cm³/mol. The third-order valence-corrected chi connectivity index (χ3v) is 12.6. The van der Waals surface area contributed by atoms with E-state index in [2.05, 4.69) is 52.8 Å². The molecule has 0 N–H and O–H groups in total. The van der Waals surface area contributed by atoms with E-state index in [0.717, 1.165) is 0 Å². The van der Waals surface area contributed by atoms with E-state index in [1.807, 2.05) is 0 Å². The van der Waals surface area contributed by atoms with E-state index in [1.54, 1.807) is 0 Å². The molecule has 2 nitrogen and oxygen atoms in total. The summed E-state index contributed by atoms with van der Waals surface area (Å²) in [5, 5.41) is 0. The predicted octanol–water partition coefficient (Wildman–Crippen LogP) is 4.95. The Balaban J connectivity index is 4.27. The van der Waals surface area contributed by atoms with Crippen LogP contribution in [0.5, 0.6) is 0 Å². The molecule has 0 aliphatic heterocycles. The van der Waals surface area contributed by atoms with E-state index < -0.39 is 25.2 Å². The van der Waals surface area contributed by atoms with Crippen molar-refractivity contribution in [2.45, 2.75) is 78.1 Å². The minimum Gasteiger partial charge on any atom is -0.437 e. The normalized spacial score (nSPS) is 14.1. The average molecular weight is 293 g/mol. The van der Waals surface area contributed by atoms with Crippen LogP contribution < -0.4 is 0 Å². The topological polar surface area (TPSA) is 18.5 Å². The summed E-state index contributed by atoms with van der Waals surface area (Å²) in [6.45, 7) is 18.1.